The van der Waals surface area contributed by atoms with E-state index in [1.165, 1.54) is 0 Å². The molecule has 1 amide bonds. The average molecular weight is 434 g/mol. The van der Waals surface area contributed by atoms with Gasteiger partial charge in [-0.05, 0) is 44.9 Å². The molecule has 1 aliphatic rings. The summed E-state index contributed by atoms with van der Waals surface area (Å²) in [6.07, 6.45) is 2.96. The number of nitrogens with zero attached hydrogens (tertiary/aromatic N) is 4. The van der Waals surface area contributed by atoms with Crippen LogP contribution in [0.1, 0.15) is 31.7 Å². The van der Waals surface area contributed by atoms with Crippen LogP contribution in [-0.2, 0) is 11.3 Å². The normalized spacial score (nSPS) is 16.8. The first kappa shape index (κ1) is 24.8. The number of carbonyl (C=O) groups is 1. The van der Waals surface area contributed by atoms with Crippen LogP contribution in [0.3, 0.4) is 0 Å². The van der Waals surface area contributed by atoms with Gasteiger partial charge in [0.1, 0.15) is 11.5 Å². The Hall–Kier alpha value is -2.48. The molecule has 1 fully saturated rings. The lowest BCUT2D eigenvalue weighted by atomic mass is 10.2. The summed E-state index contributed by atoms with van der Waals surface area (Å²) in [6.45, 7) is 6.14. The molecule has 1 heterocycles. The first-order valence-corrected chi connectivity index (χ1v) is 11.1. The summed E-state index contributed by atoms with van der Waals surface area (Å²) in [7, 11) is 9.01. The van der Waals surface area contributed by atoms with Gasteiger partial charge in [0, 0.05) is 59.0 Å². The predicted molar refractivity (Wildman–Crippen MR) is 125 cm³/mol. The van der Waals surface area contributed by atoms with E-state index in [-0.39, 0.29) is 11.9 Å². The fourth-order valence-corrected chi connectivity index (χ4v) is 3.91. The van der Waals surface area contributed by atoms with Crippen LogP contribution in [0.4, 0.5) is 0 Å². The highest BCUT2D eigenvalue weighted by atomic mass is 16.5. The van der Waals surface area contributed by atoms with Crippen molar-refractivity contribution in [3.63, 3.8) is 0 Å². The topological polar surface area (TPSA) is 69.6 Å². The van der Waals surface area contributed by atoms with Crippen LogP contribution in [0.15, 0.2) is 23.2 Å². The van der Waals surface area contributed by atoms with Crippen LogP contribution in [-0.4, -0.2) is 94.1 Å². The third-order valence-corrected chi connectivity index (χ3v) is 5.55. The minimum absolute atomic E-state index is 0.0254. The summed E-state index contributed by atoms with van der Waals surface area (Å²) in [5.74, 6) is 2.65. The van der Waals surface area contributed by atoms with Crippen molar-refractivity contribution in [3.05, 3.63) is 23.8 Å². The predicted octanol–water partition coefficient (Wildman–Crippen LogP) is 2.04. The quantitative estimate of drug-likeness (QED) is 0.346. The maximum atomic E-state index is 12.4. The molecule has 0 bridgehead atoms. The van der Waals surface area contributed by atoms with E-state index in [2.05, 4.69) is 22.0 Å². The number of ether oxygens (including phenoxy) is 2. The number of likely N-dealkylation sites (N-methyl/N-ethyl adjacent to an activating group) is 1. The van der Waals surface area contributed by atoms with Gasteiger partial charge in [0.05, 0.1) is 20.3 Å². The number of aliphatic imine (C=N–C) groups is 1. The summed E-state index contributed by atoms with van der Waals surface area (Å²) in [4.78, 5) is 23.3. The molecule has 8 nitrogen and oxygen atoms in total. The molecule has 1 N–H and O–H groups in total. The fraction of sp³-hybridized carbons (Fsp3) is 0.652. The van der Waals surface area contributed by atoms with E-state index in [0.717, 1.165) is 61.9 Å². The second-order valence-electron chi connectivity index (χ2n) is 8.05. The lowest BCUT2D eigenvalue weighted by Crippen LogP contribution is -2.43. The van der Waals surface area contributed by atoms with Crippen LogP contribution in [0.25, 0.3) is 0 Å². The number of hydrogen-bond acceptors (Lipinski definition) is 5. The van der Waals surface area contributed by atoms with Crippen LogP contribution in [0.2, 0.25) is 0 Å². The van der Waals surface area contributed by atoms with Crippen molar-refractivity contribution < 1.29 is 14.3 Å². The van der Waals surface area contributed by atoms with E-state index in [0.29, 0.717) is 13.1 Å². The number of hydrogen-bond donors (Lipinski definition) is 1. The number of benzene rings is 1. The lowest BCUT2D eigenvalue weighted by Gasteiger charge is -2.26. The van der Waals surface area contributed by atoms with Gasteiger partial charge in [-0.3, -0.25) is 14.7 Å². The molecule has 0 spiro atoms. The zero-order valence-corrected chi connectivity index (χ0v) is 20.0. The summed E-state index contributed by atoms with van der Waals surface area (Å²) in [5.41, 5.74) is 1.07. The van der Waals surface area contributed by atoms with Gasteiger partial charge >= 0.3 is 0 Å². The molecule has 1 aromatic rings. The summed E-state index contributed by atoms with van der Waals surface area (Å²) >= 11 is 0. The SMILES string of the molecule is CCNC(=NCCCN1CCCC1C(=O)N(C)C)N(C)Cc1ccc(OC)cc1OC. The molecule has 174 valence electrons. The highest BCUT2D eigenvalue weighted by Crippen LogP contribution is 2.25. The van der Waals surface area contributed by atoms with E-state index < -0.39 is 0 Å². The number of guanidine groups is 1. The third-order valence-electron chi connectivity index (χ3n) is 5.55. The van der Waals surface area contributed by atoms with Crippen molar-refractivity contribution in [2.45, 2.75) is 38.8 Å². The van der Waals surface area contributed by atoms with Gasteiger partial charge in [0.2, 0.25) is 5.91 Å². The minimum Gasteiger partial charge on any atom is -0.497 e. The molecule has 1 aliphatic heterocycles. The number of nitrogens with one attached hydrogen (secondary N) is 1. The van der Waals surface area contributed by atoms with Gasteiger partial charge in [-0.2, -0.15) is 0 Å². The first-order chi connectivity index (χ1) is 14.9. The molecule has 0 radical (unpaired) electrons. The van der Waals surface area contributed by atoms with Gasteiger partial charge in [0.15, 0.2) is 5.96 Å². The molecular weight excluding hydrogens is 394 g/mol. The van der Waals surface area contributed by atoms with Crippen LogP contribution >= 0.6 is 0 Å². The third kappa shape index (κ3) is 7.02. The minimum atomic E-state index is 0.0254. The Kier molecular flexibility index (Phi) is 9.91. The van der Waals surface area contributed by atoms with E-state index in [1.54, 1.807) is 19.1 Å². The van der Waals surface area contributed by atoms with E-state index >= 15 is 0 Å². The molecule has 2 rings (SSSR count). The lowest BCUT2D eigenvalue weighted by molar-refractivity contribution is -0.133. The van der Waals surface area contributed by atoms with Gasteiger partial charge < -0.3 is 24.6 Å². The number of methoxy groups -OCH3 is 2. The monoisotopic (exact) mass is 433 g/mol. The van der Waals surface area contributed by atoms with E-state index in [4.69, 9.17) is 14.5 Å². The standard InChI is InChI=1S/C23H39N5O3/c1-7-24-23(27(4)17-18-11-12-19(30-5)16-21(18)31-6)25-13-9-15-28-14-8-10-20(28)22(29)26(2)3/h11-12,16,20H,7-10,13-15,17H2,1-6H3,(H,24,25). The van der Waals surface area contributed by atoms with Crippen LogP contribution in [0, 0.1) is 0 Å². The molecule has 1 aromatic carbocycles. The van der Waals surface area contributed by atoms with E-state index in [1.807, 2.05) is 39.3 Å². The smallest absolute Gasteiger partial charge is 0.239 e. The zero-order chi connectivity index (χ0) is 22.8. The van der Waals surface area contributed by atoms with E-state index in [9.17, 15) is 4.79 Å². The molecule has 0 aromatic heterocycles. The van der Waals surface area contributed by atoms with Gasteiger partial charge in [-0.1, -0.05) is 0 Å². The van der Waals surface area contributed by atoms with Gasteiger partial charge in [0.25, 0.3) is 0 Å². The zero-order valence-electron chi connectivity index (χ0n) is 20.0. The summed E-state index contributed by atoms with van der Waals surface area (Å²) in [6, 6.07) is 5.89. The number of carbonyl (C=O) groups excluding carboxylic acids is 1. The molecule has 0 saturated carbocycles. The number of amides is 1. The van der Waals surface area contributed by atoms with Gasteiger partial charge in [-0.25, -0.2) is 0 Å². The second-order valence-corrected chi connectivity index (χ2v) is 8.05. The highest BCUT2D eigenvalue weighted by molar-refractivity contribution is 5.81. The highest BCUT2D eigenvalue weighted by Gasteiger charge is 2.30. The van der Waals surface area contributed by atoms with Crippen molar-refractivity contribution in [3.8, 4) is 11.5 Å². The molecule has 1 unspecified atom stereocenters. The maximum Gasteiger partial charge on any atom is 0.239 e. The Bertz CT molecular complexity index is 738. The Morgan fingerprint density at radius 3 is 2.68 bits per heavy atom. The Labute approximate surface area is 187 Å². The molecular formula is C23H39N5O3. The largest absolute Gasteiger partial charge is 0.497 e. The van der Waals surface area contributed by atoms with Crippen molar-refractivity contribution in [2.24, 2.45) is 4.99 Å². The molecule has 1 saturated heterocycles. The van der Waals surface area contributed by atoms with Crippen molar-refractivity contribution in [2.75, 3.05) is 61.5 Å². The van der Waals surface area contributed by atoms with Crippen molar-refractivity contribution >= 4 is 11.9 Å². The second kappa shape index (κ2) is 12.4. The Balaban J connectivity index is 1.94. The molecule has 8 heteroatoms. The summed E-state index contributed by atoms with van der Waals surface area (Å²) < 4.78 is 10.8. The van der Waals surface area contributed by atoms with Crippen LogP contribution < -0.4 is 14.8 Å². The van der Waals surface area contributed by atoms with Crippen molar-refractivity contribution in [1.29, 1.82) is 0 Å². The number of rotatable bonds is 10. The van der Waals surface area contributed by atoms with Crippen molar-refractivity contribution in [1.82, 2.24) is 20.0 Å². The fourth-order valence-electron chi connectivity index (χ4n) is 3.91. The molecule has 1 atom stereocenters. The first-order valence-electron chi connectivity index (χ1n) is 11.1. The molecule has 31 heavy (non-hydrogen) atoms. The molecule has 0 aliphatic carbocycles. The average Bonchev–Trinajstić information content (AvgIpc) is 3.23. The maximum absolute atomic E-state index is 12.4. The number of likely N-dealkylation sites (tertiary alicyclic amines) is 1. The Morgan fingerprint density at radius 1 is 1.26 bits per heavy atom. The Morgan fingerprint density at radius 2 is 2.03 bits per heavy atom. The summed E-state index contributed by atoms with van der Waals surface area (Å²) in [5, 5.41) is 3.37. The van der Waals surface area contributed by atoms with Gasteiger partial charge in [-0.15, -0.1) is 0 Å². The van der Waals surface area contributed by atoms with Crippen LogP contribution in [0.5, 0.6) is 11.5 Å².